The zero-order valence-electron chi connectivity index (χ0n) is 17.0. The summed E-state index contributed by atoms with van der Waals surface area (Å²) in [7, 11) is 3.66. The second-order valence-electron chi connectivity index (χ2n) is 6.72. The Labute approximate surface area is 194 Å². The van der Waals surface area contributed by atoms with Crippen LogP contribution in [0.3, 0.4) is 0 Å². The van der Waals surface area contributed by atoms with Crippen LogP contribution in [-0.2, 0) is 4.79 Å². The van der Waals surface area contributed by atoms with E-state index in [0.717, 1.165) is 21.6 Å². The van der Waals surface area contributed by atoms with Gasteiger partial charge in [0.25, 0.3) is 23.2 Å². The lowest BCUT2D eigenvalue weighted by Gasteiger charge is -2.18. The molecule has 0 aliphatic carbocycles. The Morgan fingerprint density at radius 3 is 1.97 bits per heavy atom. The second-order valence-corrected chi connectivity index (χ2v) is 9.00. The summed E-state index contributed by atoms with van der Waals surface area (Å²) < 4.78 is 0. The third kappa shape index (κ3) is 5.59. The quantitative estimate of drug-likeness (QED) is 0.330. The summed E-state index contributed by atoms with van der Waals surface area (Å²) in [4.78, 5) is 60.2. The number of carbonyl (C=O) groups excluding carboxylic acids is 3. The molecule has 1 atom stereocenters. The maximum absolute atomic E-state index is 12.8. The molecule has 1 aliphatic rings. The van der Waals surface area contributed by atoms with Crippen LogP contribution in [-0.4, -0.2) is 47.2 Å². The van der Waals surface area contributed by atoms with E-state index in [-0.39, 0.29) is 29.8 Å². The molecule has 14 heteroatoms. The lowest BCUT2D eigenvalue weighted by atomic mass is 10.1. The van der Waals surface area contributed by atoms with Gasteiger partial charge in [-0.2, -0.15) is 0 Å². The minimum absolute atomic E-state index is 0.0539. The standard InChI is InChI=1S/C19H17N5O7S2/c1-20-19(27)14-6-7-21-17(25)12-8-10(2-4-15(12)23(28)29)32-33-11-3-5-16(24(30)31)13(9-11)18(26)22-14/h2-5,8-9,14H,6-7H2,1H3,(H,20,27)(H,21,25)(H,22,26). The van der Waals surface area contributed by atoms with E-state index in [9.17, 15) is 34.6 Å². The summed E-state index contributed by atoms with van der Waals surface area (Å²) in [6.07, 6.45) is -0.0539. The number of carbonyl (C=O) groups is 3. The molecule has 1 unspecified atom stereocenters. The van der Waals surface area contributed by atoms with Crippen molar-refractivity contribution in [3.05, 3.63) is 67.8 Å². The van der Waals surface area contributed by atoms with E-state index >= 15 is 0 Å². The molecule has 0 saturated carbocycles. The highest BCUT2D eigenvalue weighted by molar-refractivity contribution is 8.76. The molecule has 172 valence electrons. The van der Waals surface area contributed by atoms with Crippen molar-refractivity contribution in [3.8, 4) is 0 Å². The Hall–Kier alpha value is -3.65. The highest BCUT2D eigenvalue weighted by Crippen LogP contribution is 2.40. The zero-order valence-corrected chi connectivity index (χ0v) is 18.7. The summed E-state index contributed by atoms with van der Waals surface area (Å²) in [5.74, 6) is -2.10. The van der Waals surface area contributed by atoms with Crippen LogP contribution in [0.2, 0.25) is 0 Å². The van der Waals surface area contributed by atoms with Crippen molar-refractivity contribution in [2.75, 3.05) is 13.6 Å². The first kappa shape index (κ1) is 24.0. The molecule has 3 amide bonds. The first-order valence-electron chi connectivity index (χ1n) is 9.43. The number of nitrogens with zero attached hydrogens (tertiary/aromatic N) is 2. The van der Waals surface area contributed by atoms with Gasteiger partial charge < -0.3 is 16.0 Å². The van der Waals surface area contributed by atoms with Crippen LogP contribution < -0.4 is 16.0 Å². The molecule has 3 N–H and O–H groups in total. The van der Waals surface area contributed by atoms with Gasteiger partial charge in [-0.1, -0.05) is 21.6 Å². The van der Waals surface area contributed by atoms with E-state index < -0.39 is 39.3 Å². The molecule has 4 bridgehead atoms. The Kier molecular flexibility index (Phi) is 7.50. The second kappa shape index (κ2) is 10.3. The summed E-state index contributed by atoms with van der Waals surface area (Å²) in [6, 6.07) is 6.94. The van der Waals surface area contributed by atoms with Gasteiger partial charge in [0.1, 0.15) is 17.2 Å². The van der Waals surface area contributed by atoms with E-state index in [2.05, 4.69) is 16.0 Å². The summed E-state index contributed by atoms with van der Waals surface area (Å²) in [5, 5.41) is 30.2. The molecule has 0 fully saturated rings. The van der Waals surface area contributed by atoms with Crippen LogP contribution >= 0.6 is 21.6 Å². The number of nitro groups is 2. The molecule has 0 radical (unpaired) electrons. The molecule has 0 spiro atoms. The van der Waals surface area contributed by atoms with Gasteiger partial charge in [-0.15, -0.1) is 0 Å². The van der Waals surface area contributed by atoms with Crippen molar-refractivity contribution in [3.63, 3.8) is 0 Å². The fourth-order valence-electron chi connectivity index (χ4n) is 3.02. The van der Waals surface area contributed by atoms with Gasteiger partial charge in [-0.3, -0.25) is 34.6 Å². The predicted octanol–water partition coefficient (Wildman–Crippen LogP) is 2.28. The number of hydrogen-bond donors (Lipinski definition) is 3. The van der Waals surface area contributed by atoms with E-state index in [1.54, 1.807) is 0 Å². The number of fused-ring (bicyclic) bond motifs is 4. The maximum atomic E-state index is 12.8. The molecule has 2 aromatic rings. The Morgan fingerprint density at radius 1 is 0.970 bits per heavy atom. The van der Waals surface area contributed by atoms with Crippen molar-refractivity contribution in [2.24, 2.45) is 0 Å². The molecule has 3 rings (SSSR count). The van der Waals surface area contributed by atoms with Crippen molar-refractivity contribution in [2.45, 2.75) is 22.3 Å². The molecular formula is C19H17N5O7S2. The van der Waals surface area contributed by atoms with Crippen LogP contribution in [0, 0.1) is 20.2 Å². The van der Waals surface area contributed by atoms with Gasteiger partial charge in [-0.05, 0) is 30.7 Å². The number of nitrogens with one attached hydrogen (secondary N) is 3. The topological polar surface area (TPSA) is 174 Å². The average Bonchev–Trinajstić information content (AvgIpc) is 2.80. The first-order valence-corrected chi connectivity index (χ1v) is 11.6. The lowest BCUT2D eigenvalue weighted by molar-refractivity contribution is -0.385. The molecule has 0 saturated heterocycles. The minimum Gasteiger partial charge on any atom is -0.357 e. The van der Waals surface area contributed by atoms with Gasteiger partial charge in [0.2, 0.25) is 5.91 Å². The molecule has 1 heterocycles. The number of likely N-dealkylation sites (N-methyl/N-ethyl adjacent to an activating group) is 1. The van der Waals surface area contributed by atoms with Crippen LogP contribution in [0.5, 0.6) is 0 Å². The van der Waals surface area contributed by atoms with Gasteiger partial charge in [0.15, 0.2) is 0 Å². The first-order chi connectivity index (χ1) is 15.7. The molecule has 33 heavy (non-hydrogen) atoms. The number of amides is 3. The van der Waals surface area contributed by atoms with Gasteiger partial charge in [0, 0.05) is 35.5 Å². The van der Waals surface area contributed by atoms with Crippen LogP contribution in [0.25, 0.3) is 0 Å². The molecular weight excluding hydrogens is 474 g/mol. The SMILES string of the molecule is CNC(=O)C1CCNC(=O)c2cc(ccc2[N+](=O)[O-])SSc2ccc([N+](=O)[O-])c(c2)C(=O)N1. The molecule has 2 aromatic carbocycles. The van der Waals surface area contributed by atoms with E-state index in [1.807, 2.05) is 0 Å². The number of nitro benzene ring substituents is 2. The Bertz CT molecular complexity index is 1160. The van der Waals surface area contributed by atoms with Crippen molar-refractivity contribution in [1.29, 1.82) is 0 Å². The fraction of sp³-hybridized carbons (Fsp3) is 0.211. The van der Waals surface area contributed by atoms with E-state index in [4.69, 9.17) is 0 Å². The van der Waals surface area contributed by atoms with Gasteiger partial charge in [-0.25, -0.2) is 0 Å². The normalized spacial score (nSPS) is 16.5. The third-order valence-electron chi connectivity index (χ3n) is 4.64. The fourth-order valence-corrected chi connectivity index (χ4v) is 4.99. The maximum Gasteiger partial charge on any atom is 0.282 e. The highest BCUT2D eigenvalue weighted by atomic mass is 33.1. The van der Waals surface area contributed by atoms with E-state index in [1.165, 1.54) is 43.4 Å². The number of rotatable bonds is 3. The smallest absolute Gasteiger partial charge is 0.282 e. The predicted molar refractivity (Wildman–Crippen MR) is 120 cm³/mol. The molecule has 1 aliphatic heterocycles. The minimum atomic E-state index is -1.11. The summed E-state index contributed by atoms with van der Waals surface area (Å²) in [6.45, 7) is -0.0946. The Balaban J connectivity index is 2.06. The van der Waals surface area contributed by atoms with Gasteiger partial charge in [0.05, 0.1) is 9.85 Å². The lowest BCUT2D eigenvalue weighted by Crippen LogP contribution is -2.47. The zero-order chi connectivity index (χ0) is 24.1. The van der Waals surface area contributed by atoms with Crippen LogP contribution in [0.4, 0.5) is 11.4 Å². The summed E-state index contributed by atoms with van der Waals surface area (Å²) >= 11 is 0. The van der Waals surface area contributed by atoms with Crippen molar-refractivity contribution < 1.29 is 24.2 Å². The van der Waals surface area contributed by atoms with Gasteiger partial charge >= 0.3 is 0 Å². The molecule has 0 aromatic heterocycles. The largest absolute Gasteiger partial charge is 0.357 e. The van der Waals surface area contributed by atoms with Crippen LogP contribution in [0.1, 0.15) is 27.1 Å². The highest BCUT2D eigenvalue weighted by Gasteiger charge is 2.27. The third-order valence-corrected chi connectivity index (χ3v) is 7.02. The van der Waals surface area contributed by atoms with Crippen molar-refractivity contribution in [1.82, 2.24) is 16.0 Å². The average molecular weight is 492 g/mol. The number of hydrogen-bond acceptors (Lipinski definition) is 9. The van der Waals surface area contributed by atoms with Crippen molar-refractivity contribution >= 4 is 50.7 Å². The molecule has 12 nitrogen and oxygen atoms in total. The number of benzene rings is 2. The monoisotopic (exact) mass is 491 g/mol. The van der Waals surface area contributed by atoms with E-state index in [0.29, 0.717) is 9.79 Å². The summed E-state index contributed by atoms with van der Waals surface area (Å²) in [5.41, 5.74) is -1.17. The Morgan fingerprint density at radius 2 is 1.48 bits per heavy atom. The van der Waals surface area contributed by atoms with Crippen LogP contribution in [0.15, 0.2) is 46.2 Å².